The van der Waals surface area contributed by atoms with Gasteiger partial charge >= 0.3 is 0 Å². The molecule has 79 valence electrons. The largest absolute Gasteiger partial charge is 0.329 e. The predicted molar refractivity (Wildman–Crippen MR) is 55.6 cm³/mol. The van der Waals surface area contributed by atoms with Crippen molar-refractivity contribution >= 4 is 0 Å². The van der Waals surface area contributed by atoms with E-state index in [0.29, 0.717) is 13.1 Å². The van der Waals surface area contributed by atoms with Crippen molar-refractivity contribution in [1.29, 1.82) is 0 Å². The Morgan fingerprint density at radius 2 is 1.23 bits per heavy atom. The van der Waals surface area contributed by atoms with Crippen molar-refractivity contribution in [2.75, 3.05) is 52.4 Å². The van der Waals surface area contributed by atoms with Gasteiger partial charge in [-0.2, -0.15) is 0 Å². The molecule has 0 saturated heterocycles. The van der Waals surface area contributed by atoms with Gasteiger partial charge in [-0.1, -0.05) is 0 Å². The molecule has 6 N–H and O–H groups in total. The van der Waals surface area contributed by atoms with Crippen molar-refractivity contribution in [3.05, 3.63) is 0 Å². The quantitative estimate of drug-likeness (QED) is 0.299. The second-order valence-corrected chi connectivity index (χ2v) is 2.79. The predicted octanol–water partition coefficient (Wildman–Crippen LogP) is -2.00. The van der Waals surface area contributed by atoms with Gasteiger partial charge in [0, 0.05) is 52.4 Å². The van der Waals surface area contributed by atoms with Crippen LogP contribution in [0.25, 0.3) is 0 Å². The van der Waals surface area contributed by atoms with Gasteiger partial charge in [0.1, 0.15) is 0 Å². The lowest BCUT2D eigenvalue weighted by Gasteiger charge is -2.06. The van der Waals surface area contributed by atoms with Crippen LogP contribution in [0.3, 0.4) is 0 Å². The Hall–Kier alpha value is -0.200. The molecule has 0 aliphatic rings. The summed E-state index contributed by atoms with van der Waals surface area (Å²) in [6.45, 7) is 6.67. The van der Waals surface area contributed by atoms with Crippen LogP contribution in [0.2, 0.25) is 0 Å². The fraction of sp³-hybridized carbons (Fsp3) is 1.00. The Bertz CT molecular complexity index is 78.6. The van der Waals surface area contributed by atoms with Crippen molar-refractivity contribution in [2.24, 2.45) is 5.73 Å². The third kappa shape index (κ3) is 11.8. The van der Waals surface area contributed by atoms with Gasteiger partial charge in [-0.05, 0) is 0 Å². The van der Waals surface area contributed by atoms with Crippen molar-refractivity contribution in [3.8, 4) is 0 Å². The third-order valence-electron chi connectivity index (χ3n) is 1.58. The average Bonchev–Trinajstić information content (AvgIpc) is 2.16. The Morgan fingerprint density at radius 1 is 0.769 bits per heavy atom. The maximum absolute atomic E-state index is 6.89. The van der Waals surface area contributed by atoms with E-state index in [0.717, 1.165) is 39.3 Å². The highest BCUT2D eigenvalue weighted by atomic mass is 15.0. The van der Waals surface area contributed by atoms with E-state index < -0.39 is 0 Å². The number of nitrogens with one attached hydrogen (secondary N) is 4. The van der Waals surface area contributed by atoms with E-state index in [1.165, 1.54) is 0 Å². The van der Waals surface area contributed by atoms with Gasteiger partial charge in [0.15, 0.2) is 0 Å². The van der Waals surface area contributed by atoms with E-state index in [2.05, 4.69) is 16.0 Å². The lowest BCUT2D eigenvalue weighted by molar-refractivity contribution is 0.585. The van der Waals surface area contributed by atoms with E-state index in [1.807, 2.05) is 0 Å². The molecular formula is C8H22N5. The Kier molecular flexibility index (Phi) is 11.6. The van der Waals surface area contributed by atoms with Crippen molar-refractivity contribution in [3.63, 3.8) is 0 Å². The normalized spacial score (nSPS) is 10.6. The number of nitrogens with two attached hydrogens (primary N) is 1. The molecule has 0 fully saturated rings. The number of hydrogen-bond acceptors (Lipinski definition) is 4. The van der Waals surface area contributed by atoms with Gasteiger partial charge in [-0.15, -0.1) is 0 Å². The maximum Gasteiger partial charge on any atom is 0.0225 e. The first kappa shape index (κ1) is 12.8. The highest BCUT2D eigenvalue weighted by Gasteiger charge is 1.87. The average molecular weight is 188 g/mol. The summed E-state index contributed by atoms with van der Waals surface area (Å²) in [4.78, 5) is 0. The van der Waals surface area contributed by atoms with Gasteiger partial charge in [0.05, 0.1) is 0 Å². The van der Waals surface area contributed by atoms with Crippen LogP contribution in [-0.4, -0.2) is 52.4 Å². The summed E-state index contributed by atoms with van der Waals surface area (Å²) in [7, 11) is 0. The first-order valence-electron chi connectivity index (χ1n) is 4.88. The molecular weight excluding hydrogens is 166 g/mol. The number of hydrogen-bond donors (Lipinski definition) is 4. The van der Waals surface area contributed by atoms with E-state index in [1.54, 1.807) is 0 Å². The third-order valence-corrected chi connectivity index (χ3v) is 1.58. The van der Waals surface area contributed by atoms with Crippen LogP contribution in [0.5, 0.6) is 0 Å². The second kappa shape index (κ2) is 11.8. The van der Waals surface area contributed by atoms with Gasteiger partial charge in [-0.25, -0.2) is 0 Å². The monoisotopic (exact) mass is 188 g/mol. The maximum atomic E-state index is 6.89. The van der Waals surface area contributed by atoms with E-state index in [9.17, 15) is 0 Å². The van der Waals surface area contributed by atoms with E-state index in [-0.39, 0.29) is 0 Å². The Balaban J connectivity index is 2.76. The van der Waals surface area contributed by atoms with Crippen LogP contribution >= 0.6 is 0 Å². The van der Waals surface area contributed by atoms with E-state index >= 15 is 0 Å². The van der Waals surface area contributed by atoms with Crippen LogP contribution in [0.4, 0.5) is 0 Å². The Morgan fingerprint density at radius 3 is 1.69 bits per heavy atom. The summed E-state index contributed by atoms with van der Waals surface area (Å²) < 4.78 is 0. The van der Waals surface area contributed by atoms with Gasteiger partial charge < -0.3 is 21.7 Å². The van der Waals surface area contributed by atoms with E-state index in [4.69, 9.17) is 11.5 Å². The second-order valence-electron chi connectivity index (χ2n) is 2.79. The molecule has 0 atom stereocenters. The zero-order chi connectivity index (χ0) is 9.78. The standard InChI is InChI=1S/C8H22N5/c9-1-3-11-5-7-13-8-6-12-4-2-10/h9,11-13H,1-8,10H2. The molecule has 0 aliphatic heterocycles. The molecule has 0 amide bonds. The topological polar surface area (TPSA) is 85.9 Å². The lowest BCUT2D eigenvalue weighted by Crippen LogP contribution is -2.34. The molecule has 0 bridgehead atoms. The molecule has 0 saturated carbocycles. The Labute approximate surface area is 80.6 Å². The first-order chi connectivity index (χ1) is 6.41. The van der Waals surface area contributed by atoms with Crippen molar-refractivity contribution in [2.45, 2.75) is 0 Å². The van der Waals surface area contributed by atoms with Gasteiger partial charge in [-0.3, -0.25) is 5.73 Å². The molecule has 0 aromatic heterocycles. The molecule has 0 aliphatic carbocycles. The minimum atomic E-state index is 0.456. The van der Waals surface area contributed by atoms with Crippen LogP contribution in [0, 0.1) is 0 Å². The fourth-order valence-electron chi connectivity index (χ4n) is 0.919. The summed E-state index contributed by atoms with van der Waals surface area (Å²) in [6.07, 6.45) is 0. The van der Waals surface area contributed by atoms with Gasteiger partial charge in [0.25, 0.3) is 0 Å². The molecule has 5 nitrogen and oxygen atoms in total. The summed E-state index contributed by atoms with van der Waals surface area (Å²) in [5.74, 6) is 0. The molecule has 0 spiro atoms. The minimum Gasteiger partial charge on any atom is -0.329 e. The van der Waals surface area contributed by atoms with Crippen LogP contribution in [-0.2, 0) is 0 Å². The molecule has 0 unspecified atom stereocenters. The highest BCUT2D eigenvalue weighted by molar-refractivity contribution is 4.54. The highest BCUT2D eigenvalue weighted by Crippen LogP contribution is 1.61. The zero-order valence-electron chi connectivity index (χ0n) is 8.23. The summed E-state index contributed by atoms with van der Waals surface area (Å²) in [5, 5.41) is 9.62. The molecule has 0 rings (SSSR count). The number of rotatable bonds is 10. The molecule has 5 heteroatoms. The molecule has 0 heterocycles. The fourth-order valence-corrected chi connectivity index (χ4v) is 0.919. The van der Waals surface area contributed by atoms with Crippen molar-refractivity contribution < 1.29 is 0 Å². The SMILES string of the molecule is [NH]CCNCCNCCNCCN. The summed E-state index contributed by atoms with van der Waals surface area (Å²) in [5.41, 5.74) is 12.2. The van der Waals surface area contributed by atoms with Crippen LogP contribution in [0.15, 0.2) is 0 Å². The smallest absolute Gasteiger partial charge is 0.0225 e. The van der Waals surface area contributed by atoms with Gasteiger partial charge in [0.2, 0.25) is 0 Å². The molecule has 1 radical (unpaired) electrons. The first-order valence-corrected chi connectivity index (χ1v) is 4.88. The van der Waals surface area contributed by atoms with Crippen LogP contribution < -0.4 is 27.4 Å². The molecule has 13 heavy (non-hydrogen) atoms. The zero-order valence-corrected chi connectivity index (χ0v) is 8.23. The van der Waals surface area contributed by atoms with Crippen molar-refractivity contribution in [1.82, 2.24) is 21.7 Å². The summed E-state index contributed by atoms with van der Waals surface area (Å²) in [6, 6.07) is 0. The minimum absolute atomic E-state index is 0.456. The van der Waals surface area contributed by atoms with Crippen LogP contribution in [0.1, 0.15) is 0 Å². The molecule has 0 aromatic rings. The lowest BCUT2D eigenvalue weighted by atomic mass is 10.5. The summed E-state index contributed by atoms with van der Waals surface area (Å²) >= 11 is 0. The molecule has 0 aromatic carbocycles.